The highest BCUT2D eigenvalue weighted by molar-refractivity contribution is 5.88. The smallest absolute Gasteiger partial charge is 0.241 e. The number of nitrogens with two attached hydrogens (primary N) is 1. The average Bonchev–Trinajstić information content (AvgIpc) is 2.74. The molecule has 0 aromatic rings. The maximum Gasteiger partial charge on any atom is 0.241 e. The van der Waals surface area contributed by atoms with Gasteiger partial charge in [0.1, 0.15) is 0 Å². The van der Waals surface area contributed by atoms with E-state index in [1.54, 1.807) is 28.1 Å². The molecule has 1 aliphatic heterocycles. The van der Waals surface area contributed by atoms with Crippen LogP contribution in [0.2, 0.25) is 0 Å². The number of methoxy groups -OCH3 is 1. The summed E-state index contributed by atoms with van der Waals surface area (Å²) in [4.78, 5) is 27.5. The van der Waals surface area contributed by atoms with Crippen LogP contribution in [-0.2, 0) is 19.1 Å². The minimum atomic E-state index is -0.777. The van der Waals surface area contributed by atoms with Crippen LogP contribution in [0.5, 0.6) is 0 Å². The molecule has 2 unspecified atom stereocenters. The molecule has 0 saturated carbocycles. The summed E-state index contributed by atoms with van der Waals surface area (Å²) in [6, 6.07) is -0.352. The molecule has 0 aliphatic carbocycles. The fraction of sp³-hybridized carbons (Fsp3) is 0.846. The van der Waals surface area contributed by atoms with Gasteiger partial charge in [-0.3, -0.25) is 9.59 Å². The second-order valence-corrected chi connectivity index (χ2v) is 5.55. The van der Waals surface area contributed by atoms with E-state index in [0.717, 1.165) is 0 Å². The molecule has 0 radical (unpaired) electrons. The van der Waals surface area contributed by atoms with Gasteiger partial charge in [0.05, 0.1) is 31.8 Å². The Morgan fingerprint density at radius 2 is 2.10 bits per heavy atom. The minimum absolute atomic E-state index is 0.0253. The Morgan fingerprint density at radius 1 is 1.45 bits per heavy atom. The number of rotatable bonds is 6. The Hall–Kier alpha value is -1.18. The molecule has 116 valence electrons. The topological polar surface area (TPSA) is 85.1 Å². The average molecular weight is 287 g/mol. The van der Waals surface area contributed by atoms with Crippen LogP contribution < -0.4 is 5.73 Å². The molecule has 2 atom stereocenters. The van der Waals surface area contributed by atoms with Crippen molar-refractivity contribution in [3.05, 3.63) is 0 Å². The monoisotopic (exact) mass is 287 g/mol. The summed E-state index contributed by atoms with van der Waals surface area (Å²) >= 11 is 0. The maximum atomic E-state index is 12.7. The lowest BCUT2D eigenvalue weighted by atomic mass is 9.84. The zero-order valence-electron chi connectivity index (χ0n) is 12.7. The maximum absolute atomic E-state index is 12.7. The highest BCUT2D eigenvalue weighted by Crippen LogP contribution is 2.29. The van der Waals surface area contributed by atoms with Gasteiger partial charge in [0.15, 0.2) is 0 Å². The van der Waals surface area contributed by atoms with Crippen LogP contribution in [0.25, 0.3) is 0 Å². The Labute approximate surface area is 120 Å². The van der Waals surface area contributed by atoms with Gasteiger partial charge in [0.2, 0.25) is 11.8 Å². The van der Waals surface area contributed by atoms with E-state index in [4.69, 9.17) is 15.2 Å². The Morgan fingerprint density at radius 3 is 2.55 bits per heavy atom. The van der Waals surface area contributed by atoms with E-state index < -0.39 is 5.41 Å². The van der Waals surface area contributed by atoms with Crippen LogP contribution in [-0.4, -0.2) is 81.8 Å². The van der Waals surface area contributed by atoms with E-state index >= 15 is 0 Å². The van der Waals surface area contributed by atoms with Gasteiger partial charge in [-0.2, -0.15) is 0 Å². The fourth-order valence-corrected chi connectivity index (χ4v) is 2.03. The SMILES string of the molecule is COCCN(CC(=O)N(C)C)C(=O)C1(C)COCC1N. The predicted molar refractivity (Wildman–Crippen MR) is 74.1 cm³/mol. The quantitative estimate of drug-likeness (QED) is 0.671. The molecule has 20 heavy (non-hydrogen) atoms. The Balaban J connectivity index is 2.81. The molecule has 0 aromatic heterocycles. The zero-order chi connectivity index (χ0) is 15.3. The van der Waals surface area contributed by atoms with Crippen molar-refractivity contribution in [1.29, 1.82) is 0 Å². The third kappa shape index (κ3) is 3.68. The van der Waals surface area contributed by atoms with Crippen molar-refractivity contribution in [3.8, 4) is 0 Å². The molecule has 1 heterocycles. The highest BCUT2D eigenvalue weighted by Gasteiger charge is 2.46. The number of likely N-dealkylation sites (N-methyl/N-ethyl adjacent to an activating group) is 1. The molecule has 2 amide bonds. The van der Waals surface area contributed by atoms with E-state index in [1.165, 1.54) is 9.80 Å². The van der Waals surface area contributed by atoms with Crippen molar-refractivity contribution >= 4 is 11.8 Å². The van der Waals surface area contributed by atoms with Crippen molar-refractivity contribution in [2.24, 2.45) is 11.1 Å². The van der Waals surface area contributed by atoms with E-state index in [9.17, 15) is 9.59 Å². The summed E-state index contributed by atoms with van der Waals surface area (Å²) in [6.45, 7) is 3.19. The van der Waals surface area contributed by atoms with Crippen molar-refractivity contribution in [1.82, 2.24) is 9.80 Å². The van der Waals surface area contributed by atoms with Gasteiger partial charge in [-0.1, -0.05) is 0 Å². The summed E-state index contributed by atoms with van der Waals surface area (Å²) in [5, 5.41) is 0. The van der Waals surface area contributed by atoms with Crippen molar-refractivity contribution in [2.75, 3.05) is 54.1 Å². The molecule has 0 bridgehead atoms. The third-order valence-corrected chi connectivity index (χ3v) is 3.68. The summed E-state index contributed by atoms with van der Waals surface area (Å²) in [6.07, 6.45) is 0. The van der Waals surface area contributed by atoms with E-state index in [0.29, 0.717) is 19.8 Å². The highest BCUT2D eigenvalue weighted by atomic mass is 16.5. The minimum Gasteiger partial charge on any atom is -0.383 e. The van der Waals surface area contributed by atoms with Crippen molar-refractivity contribution < 1.29 is 19.1 Å². The molecule has 7 heteroatoms. The molecule has 1 saturated heterocycles. The lowest BCUT2D eigenvalue weighted by Crippen LogP contribution is -2.54. The second-order valence-electron chi connectivity index (χ2n) is 5.55. The van der Waals surface area contributed by atoms with E-state index in [1.807, 2.05) is 0 Å². The lowest BCUT2D eigenvalue weighted by Gasteiger charge is -2.33. The molecule has 0 aromatic carbocycles. The molecular weight excluding hydrogens is 262 g/mol. The Kier molecular flexibility index (Phi) is 5.91. The third-order valence-electron chi connectivity index (χ3n) is 3.68. The van der Waals surface area contributed by atoms with Gasteiger partial charge in [-0.05, 0) is 6.92 Å². The second kappa shape index (κ2) is 7.01. The first-order valence-corrected chi connectivity index (χ1v) is 6.64. The normalized spacial score (nSPS) is 25.6. The number of hydrogen-bond donors (Lipinski definition) is 1. The van der Waals surface area contributed by atoms with Crippen molar-refractivity contribution in [3.63, 3.8) is 0 Å². The lowest BCUT2D eigenvalue weighted by molar-refractivity contribution is -0.147. The number of ether oxygens (including phenoxy) is 2. The van der Waals surface area contributed by atoms with Crippen LogP contribution in [0, 0.1) is 5.41 Å². The number of carbonyl (C=O) groups excluding carboxylic acids is 2. The summed E-state index contributed by atoms with van der Waals surface area (Å²) in [5.74, 6) is -0.291. The molecule has 7 nitrogen and oxygen atoms in total. The van der Waals surface area contributed by atoms with Gasteiger partial charge >= 0.3 is 0 Å². The van der Waals surface area contributed by atoms with Gasteiger partial charge in [0.25, 0.3) is 0 Å². The molecule has 2 N–H and O–H groups in total. The molecular formula is C13H25N3O4. The first-order valence-electron chi connectivity index (χ1n) is 6.64. The first-order chi connectivity index (χ1) is 9.32. The Bertz CT molecular complexity index is 362. The first kappa shape index (κ1) is 16.9. The molecule has 1 rings (SSSR count). The standard InChI is InChI=1S/C13H25N3O4/c1-13(9-20-8-10(13)14)12(18)16(5-6-19-4)7-11(17)15(2)3/h10H,5-9,14H2,1-4H3. The summed E-state index contributed by atoms with van der Waals surface area (Å²) in [7, 11) is 4.88. The largest absolute Gasteiger partial charge is 0.383 e. The number of nitrogens with zero attached hydrogens (tertiary/aromatic N) is 2. The van der Waals surface area contributed by atoms with Gasteiger partial charge in [-0.15, -0.1) is 0 Å². The van der Waals surface area contributed by atoms with Gasteiger partial charge in [0, 0.05) is 33.8 Å². The van der Waals surface area contributed by atoms with Crippen LogP contribution >= 0.6 is 0 Å². The fourth-order valence-electron chi connectivity index (χ4n) is 2.03. The van der Waals surface area contributed by atoms with Gasteiger partial charge in [-0.25, -0.2) is 0 Å². The number of amides is 2. The number of carbonyl (C=O) groups is 2. The predicted octanol–water partition coefficient (Wildman–Crippen LogP) is -1.09. The molecule has 1 fully saturated rings. The van der Waals surface area contributed by atoms with Crippen LogP contribution in [0.3, 0.4) is 0 Å². The zero-order valence-corrected chi connectivity index (χ0v) is 12.7. The van der Waals surface area contributed by atoms with Crippen LogP contribution in [0.15, 0.2) is 0 Å². The van der Waals surface area contributed by atoms with Crippen molar-refractivity contribution in [2.45, 2.75) is 13.0 Å². The molecule has 1 aliphatic rings. The van der Waals surface area contributed by atoms with Crippen LogP contribution in [0.1, 0.15) is 6.92 Å². The van der Waals surface area contributed by atoms with Gasteiger partial charge < -0.3 is 25.0 Å². The van der Waals surface area contributed by atoms with E-state index in [-0.39, 0.29) is 31.0 Å². The summed E-state index contributed by atoms with van der Waals surface area (Å²) < 4.78 is 10.3. The summed E-state index contributed by atoms with van der Waals surface area (Å²) in [5.41, 5.74) is 5.19. The number of hydrogen-bond acceptors (Lipinski definition) is 5. The van der Waals surface area contributed by atoms with Crippen LogP contribution in [0.4, 0.5) is 0 Å². The van der Waals surface area contributed by atoms with E-state index in [2.05, 4.69) is 0 Å². The molecule has 0 spiro atoms.